The Bertz CT molecular complexity index is 479. The molecule has 0 aliphatic heterocycles. The topological polar surface area (TPSA) is 24.9 Å². The number of nitrogens with one attached hydrogen (secondary N) is 1. The molecule has 0 radical (unpaired) electrons. The fourth-order valence-corrected chi connectivity index (χ4v) is 2.64. The highest BCUT2D eigenvalue weighted by atomic mass is 32.2. The van der Waals surface area contributed by atoms with Crippen LogP contribution in [0.15, 0.2) is 18.2 Å². The summed E-state index contributed by atoms with van der Waals surface area (Å²) >= 11 is 3.60. The first kappa shape index (κ1) is 11.7. The highest BCUT2D eigenvalue weighted by Crippen LogP contribution is 2.26. The average molecular weight is 252 g/mol. The van der Waals surface area contributed by atoms with E-state index >= 15 is 0 Å². The Morgan fingerprint density at radius 3 is 3.06 bits per heavy atom. The van der Waals surface area contributed by atoms with Crippen LogP contribution in [0, 0.1) is 6.92 Å². The van der Waals surface area contributed by atoms with Crippen molar-refractivity contribution in [2.24, 2.45) is 0 Å². The van der Waals surface area contributed by atoms with Crippen LogP contribution in [0.25, 0.3) is 10.2 Å². The zero-order valence-electron chi connectivity index (χ0n) is 9.78. The number of aryl methyl sites for hydroxylation is 1. The van der Waals surface area contributed by atoms with E-state index in [9.17, 15) is 0 Å². The van der Waals surface area contributed by atoms with Gasteiger partial charge in [-0.15, -0.1) is 0 Å². The van der Waals surface area contributed by atoms with Crippen molar-refractivity contribution in [2.75, 3.05) is 18.1 Å². The van der Waals surface area contributed by atoms with E-state index in [0.29, 0.717) is 5.25 Å². The molecule has 0 aliphatic rings. The fraction of sp³-hybridized carbons (Fsp3) is 0.417. The molecule has 4 heteroatoms. The lowest BCUT2D eigenvalue weighted by molar-refractivity contribution is 1.00. The van der Waals surface area contributed by atoms with Gasteiger partial charge in [0.15, 0.2) is 5.13 Å². The summed E-state index contributed by atoms with van der Waals surface area (Å²) in [5.41, 5.74) is 2.38. The molecule has 1 heterocycles. The van der Waals surface area contributed by atoms with Crippen molar-refractivity contribution in [3.8, 4) is 0 Å². The minimum Gasteiger partial charge on any atom is -0.360 e. The molecule has 0 aliphatic carbocycles. The van der Waals surface area contributed by atoms with Crippen molar-refractivity contribution in [3.05, 3.63) is 23.8 Å². The van der Waals surface area contributed by atoms with E-state index in [4.69, 9.17) is 0 Å². The molecular weight excluding hydrogens is 236 g/mol. The third-order valence-electron chi connectivity index (χ3n) is 2.49. The summed E-state index contributed by atoms with van der Waals surface area (Å²) in [6.45, 7) is 5.30. The maximum atomic E-state index is 4.56. The Morgan fingerprint density at radius 2 is 2.31 bits per heavy atom. The van der Waals surface area contributed by atoms with Crippen LogP contribution in [0.5, 0.6) is 0 Å². The van der Waals surface area contributed by atoms with Crippen LogP contribution in [0.3, 0.4) is 0 Å². The van der Waals surface area contributed by atoms with Crippen molar-refractivity contribution < 1.29 is 0 Å². The minimum absolute atomic E-state index is 0.619. The van der Waals surface area contributed by atoms with E-state index in [-0.39, 0.29) is 0 Å². The van der Waals surface area contributed by atoms with Crippen molar-refractivity contribution in [1.29, 1.82) is 0 Å². The van der Waals surface area contributed by atoms with E-state index < -0.39 is 0 Å². The van der Waals surface area contributed by atoms with Crippen LogP contribution in [0.2, 0.25) is 0 Å². The van der Waals surface area contributed by atoms with Gasteiger partial charge in [0.25, 0.3) is 0 Å². The minimum atomic E-state index is 0.619. The number of nitrogens with zero attached hydrogens (tertiary/aromatic N) is 1. The second-order valence-electron chi connectivity index (χ2n) is 3.92. The summed E-state index contributed by atoms with van der Waals surface area (Å²) in [6, 6.07) is 6.39. The highest BCUT2D eigenvalue weighted by molar-refractivity contribution is 7.99. The molecule has 0 saturated heterocycles. The van der Waals surface area contributed by atoms with Crippen LogP contribution in [0.4, 0.5) is 5.13 Å². The molecule has 0 bridgehead atoms. The monoisotopic (exact) mass is 252 g/mol. The number of thiazole rings is 1. The molecule has 0 spiro atoms. The second kappa shape index (κ2) is 5.06. The maximum absolute atomic E-state index is 4.56. The lowest BCUT2D eigenvalue weighted by Crippen LogP contribution is -2.12. The zero-order valence-corrected chi connectivity index (χ0v) is 11.4. The number of rotatable bonds is 4. The van der Waals surface area contributed by atoms with Gasteiger partial charge < -0.3 is 5.32 Å². The Labute approximate surface area is 104 Å². The van der Waals surface area contributed by atoms with Crippen molar-refractivity contribution in [3.63, 3.8) is 0 Å². The second-order valence-corrected chi connectivity index (χ2v) is 6.22. The molecule has 16 heavy (non-hydrogen) atoms. The van der Waals surface area contributed by atoms with Crippen molar-refractivity contribution >= 4 is 38.4 Å². The normalized spacial score (nSPS) is 12.9. The Hall–Kier alpha value is -0.740. The number of hydrogen-bond acceptors (Lipinski definition) is 4. The van der Waals surface area contributed by atoms with Gasteiger partial charge in [-0.3, -0.25) is 0 Å². The molecule has 0 amide bonds. The Kier molecular flexibility index (Phi) is 3.71. The van der Waals surface area contributed by atoms with Gasteiger partial charge in [-0.2, -0.15) is 11.8 Å². The highest BCUT2D eigenvalue weighted by Gasteiger charge is 2.05. The average Bonchev–Trinajstić information content (AvgIpc) is 2.67. The van der Waals surface area contributed by atoms with Gasteiger partial charge in [-0.1, -0.05) is 24.3 Å². The fourth-order valence-electron chi connectivity index (χ4n) is 1.42. The summed E-state index contributed by atoms with van der Waals surface area (Å²) in [5, 5.41) is 5.04. The molecule has 1 N–H and O–H groups in total. The van der Waals surface area contributed by atoms with Gasteiger partial charge in [0.2, 0.25) is 0 Å². The first-order valence-corrected chi connectivity index (χ1v) is 7.43. The third kappa shape index (κ3) is 2.68. The van der Waals surface area contributed by atoms with E-state index in [1.807, 2.05) is 11.8 Å². The van der Waals surface area contributed by atoms with Gasteiger partial charge >= 0.3 is 0 Å². The molecule has 86 valence electrons. The van der Waals surface area contributed by atoms with E-state index in [1.165, 1.54) is 10.3 Å². The van der Waals surface area contributed by atoms with E-state index in [0.717, 1.165) is 17.2 Å². The molecule has 0 fully saturated rings. The van der Waals surface area contributed by atoms with Crippen LogP contribution in [0.1, 0.15) is 12.5 Å². The number of aromatic nitrogens is 1. The quantitative estimate of drug-likeness (QED) is 0.896. The van der Waals surface area contributed by atoms with Crippen LogP contribution in [-0.2, 0) is 0 Å². The summed E-state index contributed by atoms with van der Waals surface area (Å²) in [7, 11) is 0. The van der Waals surface area contributed by atoms with Crippen LogP contribution >= 0.6 is 23.1 Å². The first-order chi connectivity index (χ1) is 7.69. The number of hydrogen-bond donors (Lipinski definition) is 1. The lowest BCUT2D eigenvalue weighted by atomic mass is 10.2. The molecule has 1 aromatic carbocycles. The number of benzene rings is 1. The number of thioether (sulfide) groups is 1. The van der Waals surface area contributed by atoms with Gasteiger partial charge in [-0.25, -0.2) is 4.98 Å². The summed E-state index contributed by atoms with van der Waals surface area (Å²) < 4.78 is 1.26. The molecule has 1 unspecified atom stereocenters. The zero-order chi connectivity index (χ0) is 11.5. The number of fused-ring (bicyclic) bond motifs is 1. The molecule has 0 saturated carbocycles. The van der Waals surface area contributed by atoms with Crippen molar-refractivity contribution in [1.82, 2.24) is 4.98 Å². The lowest BCUT2D eigenvalue weighted by Gasteiger charge is -2.07. The Balaban J connectivity index is 2.13. The van der Waals surface area contributed by atoms with E-state index in [2.05, 4.69) is 48.6 Å². The molecular formula is C12H16N2S2. The molecule has 1 aromatic heterocycles. The van der Waals surface area contributed by atoms with Gasteiger partial charge in [0, 0.05) is 11.8 Å². The molecule has 2 aromatic rings. The van der Waals surface area contributed by atoms with Gasteiger partial charge in [0.1, 0.15) is 0 Å². The predicted molar refractivity (Wildman–Crippen MR) is 75.8 cm³/mol. The summed E-state index contributed by atoms with van der Waals surface area (Å²) in [4.78, 5) is 4.56. The standard InChI is InChI=1S/C12H16N2S2/c1-8-4-5-10-11(6-8)16-12(14-10)13-7-9(2)15-3/h4-6,9H,7H2,1-3H3,(H,13,14). The van der Waals surface area contributed by atoms with Crippen LogP contribution in [-0.4, -0.2) is 23.0 Å². The van der Waals surface area contributed by atoms with Gasteiger partial charge in [-0.05, 0) is 30.9 Å². The third-order valence-corrected chi connectivity index (χ3v) is 4.43. The first-order valence-electron chi connectivity index (χ1n) is 5.33. The maximum Gasteiger partial charge on any atom is 0.183 e. The molecule has 1 atom stereocenters. The Morgan fingerprint density at radius 1 is 1.50 bits per heavy atom. The van der Waals surface area contributed by atoms with Crippen LogP contribution < -0.4 is 5.32 Å². The predicted octanol–water partition coefficient (Wildman–Crippen LogP) is 3.77. The number of anilines is 1. The summed E-state index contributed by atoms with van der Waals surface area (Å²) in [6.07, 6.45) is 2.13. The summed E-state index contributed by atoms with van der Waals surface area (Å²) in [5.74, 6) is 0. The molecule has 2 nitrogen and oxygen atoms in total. The smallest absolute Gasteiger partial charge is 0.183 e. The SMILES string of the molecule is CSC(C)CNc1nc2ccc(C)cc2s1. The van der Waals surface area contributed by atoms with E-state index in [1.54, 1.807) is 11.3 Å². The van der Waals surface area contributed by atoms with Gasteiger partial charge in [0.05, 0.1) is 10.2 Å². The van der Waals surface area contributed by atoms with Crippen molar-refractivity contribution in [2.45, 2.75) is 19.1 Å². The largest absolute Gasteiger partial charge is 0.360 e. The molecule has 2 rings (SSSR count).